The summed E-state index contributed by atoms with van der Waals surface area (Å²) in [5.41, 5.74) is 1.07. The van der Waals surface area contributed by atoms with Crippen LogP contribution in [0.3, 0.4) is 0 Å². The topological polar surface area (TPSA) is 74.6 Å². The highest BCUT2D eigenvalue weighted by Gasteiger charge is 2.28. The normalized spacial score (nSPS) is 17.7. The lowest BCUT2D eigenvalue weighted by Crippen LogP contribution is -2.21. The van der Waals surface area contributed by atoms with E-state index < -0.39 is 5.97 Å². The monoisotopic (exact) mass is 352 g/mol. The van der Waals surface area contributed by atoms with Crippen LogP contribution in [0.2, 0.25) is 0 Å². The Morgan fingerprint density at radius 1 is 1.13 bits per heavy atom. The average Bonchev–Trinajstić information content (AvgIpc) is 2.59. The third-order valence-electron chi connectivity index (χ3n) is 3.94. The number of hydrogen-bond acceptors (Lipinski definition) is 5. The minimum Gasteiger partial charge on any atom is -0.477 e. The second-order valence-electron chi connectivity index (χ2n) is 5.43. The van der Waals surface area contributed by atoms with Gasteiger partial charge in [0, 0.05) is 24.5 Å². The summed E-state index contributed by atoms with van der Waals surface area (Å²) in [5, 5.41) is 18.9. The van der Waals surface area contributed by atoms with E-state index in [0.717, 1.165) is 11.3 Å². The first-order chi connectivity index (χ1) is 11.0. The van der Waals surface area contributed by atoms with E-state index in [0.29, 0.717) is 10.7 Å². The van der Waals surface area contributed by atoms with Crippen molar-refractivity contribution >= 4 is 35.3 Å². The molecule has 4 nitrogen and oxygen atoms in total. The van der Waals surface area contributed by atoms with E-state index in [1.54, 1.807) is 0 Å². The SMILES string of the molecule is C[C@H](c1ccccc1)C(CO)CC(=O)C1=C(C(=O)O)SCCS1. The number of carboxylic acid groups (broad SMARTS) is 1. The number of aliphatic hydroxyl groups is 1. The van der Waals surface area contributed by atoms with Gasteiger partial charge in [0.25, 0.3) is 0 Å². The van der Waals surface area contributed by atoms with Gasteiger partial charge < -0.3 is 10.2 Å². The van der Waals surface area contributed by atoms with Gasteiger partial charge in [-0.3, -0.25) is 4.79 Å². The van der Waals surface area contributed by atoms with Gasteiger partial charge in [-0.2, -0.15) is 0 Å². The molecule has 0 aliphatic carbocycles. The van der Waals surface area contributed by atoms with Crippen LogP contribution < -0.4 is 0 Å². The quantitative estimate of drug-likeness (QED) is 0.785. The van der Waals surface area contributed by atoms with Crippen LogP contribution in [0, 0.1) is 5.92 Å². The van der Waals surface area contributed by atoms with Gasteiger partial charge in [-0.15, -0.1) is 23.5 Å². The number of Topliss-reactive ketones (excluding diaryl/α,β-unsaturated/α-hetero) is 1. The number of allylic oxidation sites excluding steroid dienone is 1. The number of carbonyl (C=O) groups is 2. The Labute approximate surface area is 144 Å². The molecular formula is C17H20O4S2. The summed E-state index contributed by atoms with van der Waals surface area (Å²) in [5.74, 6) is 0.0249. The number of ketones is 1. The second-order valence-corrected chi connectivity index (χ2v) is 7.64. The first-order valence-electron chi connectivity index (χ1n) is 7.46. The molecule has 0 amide bonds. The second kappa shape index (κ2) is 8.57. The van der Waals surface area contributed by atoms with Crippen molar-refractivity contribution in [2.24, 2.45) is 5.92 Å². The number of rotatable bonds is 7. The molecule has 124 valence electrons. The molecule has 0 saturated heterocycles. The molecule has 0 aromatic heterocycles. The van der Waals surface area contributed by atoms with Crippen molar-refractivity contribution in [2.75, 3.05) is 18.1 Å². The number of carboxylic acids is 1. The summed E-state index contributed by atoms with van der Waals surface area (Å²) >= 11 is 2.54. The Hall–Kier alpha value is -1.24. The lowest BCUT2D eigenvalue weighted by molar-refractivity contribution is -0.132. The van der Waals surface area contributed by atoms with Gasteiger partial charge in [0.2, 0.25) is 0 Å². The van der Waals surface area contributed by atoms with Crippen molar-refractivity contribution < 1.29 is 19.8 Å². The number of aliphatic carboxylic acids is 1. The van der Waals surface area contributed by atoms with Crippen LogP contribution in [0.15, 0.2) is 40.1 Å². The maximum absolute atomic E-state index is 12.6. The highest BCUT2D eigenvalue weighted by molar-refractivity contribution is 8.11. The fourth-order valence-electron chi connectivity index (χ4n) is 2.54. The van der Waals surface area contributed by atoms with Crippen LogP contribution in [-0.4, -0.2) is 40.1 Å². The van der Waals surface area contributed by atoms with E-state index in [4.69, 9.17) is 0 Å². The summed E-state index contributed by atoms with van der Waals surface area (Å²) in [4.78, 5) is 24.3. The highest BCUT2D eigenvalue weighted by Crippen LogP contribution is 2.37. The largest absolute Gasteiger partial charge is 0.477 e. The molecule has 2 N–H and O–H groups in total. The third kappa shape index (κ3) is 4.62. The van der Waals surface area contributed by atoms with Crippen molar-refractivity contribution in [2.45, 2.75) is 19.3 Å². The van der Waals surface area contributed by atoms with Crippen molar-refractivity contribution in [3.8, 4) is 0 Å². The van der Waals surface area contributed by atoms with Crippen molar-refractivity contribution in [1.82, 2.24) is 0 Å². The van der Waals surface area contributed by atoms with Crippen LogP contribution in [0.4, 0.5) is 0 Å². The maximum atomic E-state index is 12.6. The molecule has 1 aliphatic rings. The molecule has 6 heteroatoms. The molecule has 1 aliphatic heterocycles. The van der Waals surface area contributed by atoms with Crippen LogP contribution >= 0.6 is 23.5 Å². The van der Waals surface area contributed by atoms with Crippen LogP contribution in [-0.2, 0) is 9.59 Å². The summed E-state index contributed by atoms with van der Waals surface area (Å²) in [7, 11) is 0. The maximum Gasteiger partial charge on any atom is 0.343 e. The number of aliphatic hydroxyl groups excluding tert-OH is 1. The predicted octanol–water partition coefficient (Wildman–Crippen LogP) is 3.13. The molecule has 1 unspecified atom stereocenters. The molecule has 0 spiro atoms. The van der Waals surface area contributed by atoms with Gasteiger partial charge in [0.15, 0.2) is 5.78 Å². The zero-order valence-corrected chi connectivity index (χ0v) is 14.5. The molecule has 1 aromatic rings. The molecule has 0 saturated carbocycles. The Kier molecular flexibility index (Phi) is 6.74. The van der Waals surface area contributed by atoms with Gasteiger partial charge in [0.1, 0.15) is 4.91 Å². The molecule has 0 radical (unpaired) electrons. The molecule has 23 heavy (non-hydrogen) atoms. The molecular weight excluding hydrogens is 332 g/mol. The third-order valence-corrected chi connectivity index (χ3v) is 6.54. The van der Waals surface area contributed by atoms with E-state index in [1.807, 2.05) is 37.3 Å². The molecule has 2 atom stereocenters. The fourth-order valence-corrected chi connectivity index (χ4v) is 4.80. The fraction of sp³-hybridized carbons (Fsp3) is 0.412. The first-order valence-corrected chi connectivity index (χ1v) is 9.43. The smallest absolute Gasteiger partial charge is 0.343 e. The molecule has 0 fully saturated rings. The summed E-state index contributed by atoms with van der Waals surface area (Å²) < 4.78 is 0. The number of thioether (sulfide) groups is 2. The van der Waals surface area contributed by atoms with Gasteiger partial charge in [-0.25, -0.2) is 4.79 Å². The Balaban J connectivity index is 2.15. The van der Waals surface area contributed by atoms with Crippen molar-refractivity contribution in [3.63, 3.8) is 0 Å². The summed E-state index contributed by atoms with van der Waals surface area (Å²) in [6.45, 7) is 1.88. The first kappa shape index (κ1) is 18.1. The van der Waals surface area contributed by atoms with Crippen LogP contribution in [0.25, 0.3) is 0 Å². The minimum atomic E-state index is -1.04. The average molecular weight is 352 g/mol. The zero-order chi connectivity index (χ0) is 16.8. The van der Waals surface area contributed by atoms with Crippen molar-refractivity contribution in [3.05, 3.63) is 45.7 Å². The predicted molar refractivity (Wildman–Crippen MR) is 94.6 cm³/mol. The Morgan fingerprint density at radius 2 is 1.74 bits per heavy atom. The van der Waals surface area contributed by atoms with E-state index in [2.05, 4.69) is 0 Å². The molecule has 1 heterocycles. The summed E-state index contributed by atoms with van der Waals surface area (Å²) in [6, 6.07) is 9.74. The minimum absolute atomic E-state index is 0.0280. The van der Waals surface area contributed by atoms with E-state index in [9.17, 15) is 19.8 Å². The van der Waals surface area contributed by atoms with E-state index >= 15 is 0 Å². The molecule has 0 bridgehead atoms. The van der Waals surface area contributed by atoms with Gasteiger partial charge >= 0.3 is 5.97 Å². The number of benzene rings is 1. The molecule has 1 aromatic carbocycles. The van der Waals surface area contributed by atoms with E-state index in [-0.39, 0.29) is 35.6 Å². The zero-order valence-electron chi connectivity index (χ0n) is 12.9. The number of hydrogen-bond donors (Lipinski definition) is 2. The highest BCUT2D eigenvalue weighted by atomic mass is 32.2. The standard InChI is InChI=1S/C17H20O4S2/c1-11(12-5-3-2-4-6-12)13(10-18)9-14(19)15-16(17(20)21)23-8-7-22-15/h2-6,11,13,18H,7-10H2,1H3,(H,20,21)/t11-,13?/m1/s1. The Morgan fingerprint density at radius 3 is 2.30 bits per heavy atom. The number of carbonyl (C=O) groups excluding carboxylic acids is 1. The van der Waals surface area contributed by atoms with Crippen LogP contribution in [0.1, 0.15) is 24.8 Å². The lowest BCUT2D eigenvalue weighted by atomic mass is 9.84. The molecule has 2 rings (SSSR count). The van der Waals surface area contributed by atoms with Gasteiger partial charge in [0.05, 0.1) is 4.91 Å². The summed E-state index contributed by atoms with van der Waals surface area (Å²) in [6.07, 6.45) is 0.159. The Bertz CT molecular complexity index is 598. The van der Waals surface area contributed by atoms with E-state index in [1.165, 1.54) is 23.5 Å². The van der Waals surface area contributed by atoms with Crippen molar-refractivity contribution in [1.29, 1.82) is 0 Å². The van der Waals surface area contributed by atoms with Gasteiger partial charge in [-0.05, 0) is 17.4 Å². The van der Waals surface area contributed by atoms with Gasteiger partial charge in [-0.1, -0.05) is 37.3 Å². The van der Waals surface area contributed by atoms with Crippen LogP contribution in [0.5, 0.6) is 0 Å². The lowest BCUT2D eigenvalue weighted by Gasteiger charge is -2.23.